The molecule has 0 aliphatic heterocycles. The summed E-state index contributed by atoms with van der Waals surface area (Å²) in [6, 6.07) is 0. The molecule has 0 bridgehead atoms. The molecule has 1 radical (unpaired) electrons. The second kappa shape index (κ2) is 23.4. The first-order chi connectivity index (χ1) is 3.33. The second-order valence-electron chi connectivity index (χ2n) is 0.220. The third-order valence-corrected chi connectivity index (χ3v) is 0.0373. The van der Waals surface area contributed by atoms with Gasteiger partial charge < -0.3 is 9.68 Å². The molecular weight excluding hydrogens is 260 g/mol. The van der Waals surface area contributed by atoms with Gasteiger partial charge in [0, 0.05) is 29.6 Å². The Morgan fingerprint density at radius 2 is 1.75 bits per heavy atom. The predicted octanol–water partition coefficient (Wildman–Crippen LogP) is 0.539. The summed E-state index contributed by atoms with van der Waals surface area (Å²) >= 11 is -0.106. The molecule has 0 aliphatic carbocycles. The summed E-state index contributed by atoms with van der Waals surface area (Å²) in [5, 5.41) is 6.95. The molecule has 0 aliphatic rings. The van der Waals surface area contributed by atoms with Crippen molar-refractivity contribution in [3.05, 3.63) is 0 Å². The van der Waals surface area contributed by atoms with Gasteiger partial charge in [-0.1, -0.05) is 0 Å². The van der Waals surface area contributed by atoms with E-state index in [4.69, 9.17) is 29.1 Å². The topological polar surface area (TPSA) is 46.5 Å². The summed E-state index contributed by atoms with van der Waals surface area (Å²) in [5.41, 5.74) is 0. The number of hydrogen-bond acceptors (Lipinski definition) is 3. The minimum Gasteiger partial charge on any atom is 0 e. The van der Waals surface area contributed by atoms with Crippen LogP contribution in [0.4, 0.5) is 0 Å². The minimum absolute atomic E-state index is 0. The van der Waals surface area contributed by atoms with Crippen LogP contribution >= 0.6 is 19.1 Å². The third-order valence-electron chi connectivity index (χ3n) is 0.0373. The van der Waals surface area contributed by atoms with Crippen LogP contribution in [0.2, 0.25) is 0 Å². The monoisotopic (exact) mass is 260 g/mol. The zero-order chi connectivity index (χ0) is 6.12. The van der Waals surface area contributed by atoms with Crippen molar-refractivity contribution in [2.45, 2.75) is 0 Å². The Kier molecular flexibility index (Phi) is 47.8. The van der Waals surface area contributed by atoms with E-state index in [0.717, 1.165) is 6.47 Å². The molecule has 0 atom stereocenters. The van der Waals surface area contributed by atoms with E-state index in [1.165, 1.54) is 0 Å². The van der Waals surface area contributed by atoms with Gasteiger partial charge in [0.15, 0.2) is 0 Å². The van der Waals surface area contributed by atoms with E-state index < -0.39 is 0 Å². The van der Waals surface area contributed by atoms with Crippen molar-refractivity contribution in [2.24, 2.45) is 0 Å². The SMILES string of the molecule is O=[C-]OO.[Cl][Pd][Cl].[Na]. The van der Waals surface area contributed by atoms with E-state index in [0.29, 0.717) is 0 Å². The van der Waals surface area contributed by atoms with Crippen LogP contribution < -0.4 is 0 Å². The second-order valence-corrected chi connectivity index (χ2v) is 2.58. The molecule has 49 valence electrons. The number of halogens is 2. The molecule has 0 aromatic carbocycles. The van der Waals surface area contributed by atoms with E-state index in [-0.39, 0.29) is 45.5 Å². The fourth-order valence-corrected chi connectivity index (χ4v) is 0. The fourth-order valence-electron chi connectivity index (χ4n) is 0. The van der Waals surface area contributed by atoms with Crippen molar-refractivity contribution >= 4 is 55.1 Å². The summed E-state index contributed by atoms with van der Waals surface area (Å²) in [5.74, 6) is 0. The van der Waals surface area contributed by atoms with Crippen LogP contribution in [0.1, 0.15) is 0 Å². The Bertz CT molecular complexity index is 38.5. The van der Waals surface area contributed by atoms with Gasteiger partial charge in [0.25, 0.3) is 0 Å². The molecule has 0 rings (SSSR count). The first-order valence-corrected chi connectivity index (χ1v) is 4.83. The predicted molar refractivity (Wildman–Crippen MR) is 26.9 cm³/mol. The molecule has 0 aromatic heterocycles. The van der Waals surface area contributed by atoms with Crippen molar-refractivity contribution in [2.75, 3.05) is 0 Å². The third kappa shape index (κ3) is 47.8. The van der Waals surface area contributed by atoms with Crippen molar-refractivity contribution in [3.63, 3.8) is 0 Å². The summed E-state index contributed by atoms with van der Waals surface area (Å²) in [7, 11) is 9.63. The molecule has 0 saturated carbocycles. The van der Waals surface area contributed by atoms with Crippen LogP contribution in [0.15, 0.2) is 0 Å². The maximum absolute atomic E-state index is 8.58. The van der Waals surface area contributed by atoms with Gasteiger partial charge >= 0.3 is 35.0 Å². The molecule has 1 N–H and O–H groups in total. The number of carbonyl (C=O) groups excluding carboxylic acids is 1. The van der Waals surface area contributed by atoms with Gasteiger partial charge in [-0.15, -0.1) is 0 Å². The zero-order valence-electron chi connectivity index (χ0n) is 3.84. The van der Waals surface area contributed by atoms with Gasteiger partial charge in [0.2, 0.25) is 0 Å². The molecular formula is CHCl2NaO3Pd-. The van der Waals surface area contributed by atoms with Crippen LogP contribution in [-0.4, -0.2) is 41.3 Å². The Morgan fingerprint density at radius 3 is 1.75 bits per heavy atom. The zero-order valence-corrected chi connectivity index (χ0v) is 8.90. The van der Waals surface area contributed by atoms with E-state index in [1.807, 2.05) is 0 Å². The Morgan fingerprint density at radius 1 is 1.62 bits per heavy atom. The number of hydrogen-bond donors (Lipinski definition) is 1. The fraction of sp³-hybridized carbons (Fsp3) is 0. The maximum Gasteiger partial charge on any atom is 0 e. The van der Waals surface area contributed by atoms with Gasteiger partial charge in [0.1, 0.15) is 0 Å². The molecule has 0 heterocycles. The summed E-state index contributed by atoms with van der Waals surface area (Å²) in [6.07, 6.45) is 0. The summed E-state index contributed by atoms with van der Waals surface area (Å²) < 4.78 is 0. The van der Waals surface area contributed by atoms with Crippen LogP contribution in [0.25, 0.3) is 0 Å². The molecule has 0 saturated heterocycles. The van der Waals surface area contributed by atoms with Gasteiger partial charge in [-0.3, -0.25) is 0 Å². The van der Waals surface area contributed by atoms with Gasteiger partial charge in [-0.2, -0.15) is 0 Å². The normalized spacial score (nSPS) is 5.38. The molecule has 3 nitrogen and oxygen atoms in total. The Labute approximate surface area is 85.0 Å². The number of rotatable bonds is 1. The Hall–Kier alpha value is 1.67. The molecule has 0 amide bonds. The Balaban J connectivity index is -0.0000000575. The van der Waals surface area contributed by atoms with E-state index in [1.54, 1.807) is 0 Å². The van der Waals surface area contributed by atoms with Crippen molar-refractivity contribution < 1.29 is 30.9 Å². The maximum atomic E-state index is 8.58. The first-order valence-electron chi connectivity index (χ1n) is 0.830. The van der Waals surface area contributed by atoms with E-state index in [9.17, 15) is 0 Å². The van der Waals surface area contributed by atoms with Gasteiger partial charge in [-0.25, -0.2) is 5.26 Å². The average Bonchev–Trinajstić information content (AvgIpc) is 1.69. The molecule has 0 aromatic rings. The first kappa shape index (κ1) is 16.3. The van der Waals surface area contributed by atoms with Gasteiger partial charge in [-0.05, 0) is 6.47 Å². The minimum atomic E-state index is -0.106. The summed E-state index contributed by atoms with van der Waals surface area (Å²) in [4.78, 5) is 11.3. The van der Waals surface area contributed by atoms with Crippen molar-refractivity contribution in [1.29, 1.82) is 0 Å². The molecule has 8 heavy (non-hydrogen) atoms. The summed E-state index contributed by atoms with van der Waals surface area (Å²) in [6.45, 7) is 0.736. The van der Waals surface area contributed by atoms with Crippen LogP contribution in [0.5, 0.6) is 0 Å². The molecule has 7 heteroatoms. The smallest absolute Gasteiger partial charge is 0 e. The van der Waals surface area contributed by atoms with E-state index in [2.05, 4.69) is 4.89 Å². The quantitative estimate of drug-likeness (QED) is 0.324. The largest absolute Gasteiger partial charge is 0 e. The van der Waals surface area contributed by atoms with E-state index >= 15 is 0 Å². The molecule has 0 spiro atoms. The van der Waals surface area contributed by atoms with Gasteiger partial charge in [0.05, 0.1) is 0 Å². The van der Waals surface area contributed by atoms with Crippen molar-refractivity contribution in [1.82, 2.24) is 0 Å². The molecule has 0 fully saturated rings. The van der Waals surface area contributed by atoms with Crippen LogP contribution in [0, 0.1) is 0 Å². The van der Waals surface area contributed by atoms with Crippen LogP contribution in [0.3, 0.4) is 0 Å². The molecule has 0 unspecified atom stereocenters. The van der Waals surface area contributed by atoms with Crippen molar-refractivity contribution in [3.8, 4) is 0 Å². The standard InChI is InChI=1S/CHO3.2ClH.Na.Pd/c2-1-4-3;;;;/h3H;2*1H;;/q-1;;;;+2/p-2. The average molecular weight is 261 g/mol. The van der Waals surface area contributed by atoms with Crippen LogP contribution in [-0.2, 0) is 25.6 Å².